The Balaban J connectivity index is 5.23. The van der Waals surface area contributed by atoms with Crippen LogP contribution in [0.1, 0.15) is 421 Å². The van der Waals surface area contributed by atoms with Crippen LogP contribution in [0.3, 0.4) is 0 Å². The summed E-state index contributed by atoms with van der Waals surface area (Å²) in [4.78, 5) is 73.0. The molecule has 0 spiro atoms. The average molecular weight is 1480 g/mol. The summed E-state index contributed by atoms with van der Waals surface area (Å²) < 4.78 is 68.7. The molecular weight excluding hydrogens is 1320 g/mol. The molecule has 0 rings (SSSR count). The average Bonchev–Trinajstić information content (AvgIpc) is 0.923. The smallest absolute Gasteiger partial charge is 0.462 e. The van der Waals surface area contributed by atoms with Gasteiger partial charge in [-0.05, 0) is 49.4 Å². The number of ether oxygens (including phenoxy) is 4. The van der Waals surface area contributed by atoms with Gasteiger partial charge in [-0.15, -0.1) is 0 Å². The fraction of sp³-hybridized carbons (Fsp3) is 0.951. The summed E-state index contributed by atoms with van der Waals surface area (Å²) in [6.45, 7) is 14.2. The van der Waals surface area contributed by atoms with Crippen LogP contribution in [0, 0.1) is 23.7 Å². The van der Waals surface area contributed by atoms with Crippen LogP contribution in [0.25, 0.3) is 0 Å². The molecule has 17 nitrogen and oxygen atoms in total. The van der Waals surface area contributed by atoms with E-state index in [-0.39, 0.29) is 25.7 Å². The van der Waals surface area contributed by atoms with Crippen LogP contribution < -0.4 is 0 Å². The second-order valence-electron chi connectivity index (χ2n) is 31.4. The number of carbonyl (C=O) groups is 4. The van der Waals surface area contributed by atoms with E-state index in [4.69, 9.17) is 37.0 Å². The molecule has 0 heterocycles. The molecule has 0 bridgehead atoms. The normalized spacial score (nSPS) is 14.0. The Bertz CT molecular complexity index is 1970. The molecule has 0 aromatic rings. The Morgan fingerprint density at radius 3 is 0.614 bits per heavy atom. The van der Waals surface area contributed by atoms with E-state index >= 15 is 0 Å². The molecule has 0 aliphatic rings. The minimum atomic E-state index is -4.96. The molecule has 0 radical (unpaired) electrons. The van der Waals surface area contributed by atoms with E-state index in [9.17, 15) is 43.2 Å². The molecule has 0 aliphatic heterocycles. The maximum Gasteiger partial charge on any atom is 0.472 e. The Labute approximate surface area is 619 Å². The molecule has 0 aromatic carbocycles. The molecular formula is C82H160O17P2. The molecule has 101 heavy (non-hydrogen) atoms. The number of unbranched alkanes of at least 4 members (excludes halogenated alkanes) is 45. The first-order chi connectivity index (χ1) is 48.6. The van der Waals surface area contributed by atoms with Gasteiger partial charge >= 0.3 is 39.5 Å². The largest absolute Gasteiger partial charge is 0.472 e. The molecule has 19 heteroatoms. The van der Waals surface area contributed by atoms with Crippen LogP contribution in [-0.2, 0) is 65.4 Å². The molecule has 3 unspecified atom stereocenters. The summed E-state index contributed by atoms with van der Waals surface area (Å²) >= 11 is 0. The molecule has 5 atom stereocenters. The third kappa shape index (κ3) is 76.1. The van der Waals surface area contributed by atoms with Crippen LogP contribution in [-0.4, -0.2) is 96.7 Å². The van der Waals surface area contributed by atoms with Gasteiger partial charge in [-0.25, -0.2) is 9.13 Å². The second kappa shape index (κ2) is 71.0. The van der Waals surface area contributed by atoms with Crippen molar-refractivity contribution in [1.29, 1.82) is 0 Å². The van der Waals surface area contributed by atoms with Crippen LogP contribution in [0.5, 0.6) is 0 Å². The third-order valence-corrected chi connectivity index (χ3v) is 21.0. The van der Waals surface area contributed by atoms with Gasteiger partial charge in [0.15, 0.2) is 12.2 Å². The van der Waals surface area contributed by atoms with Crippen molar-refractivity contribution in [3.63, 3.8) is 0 Å². The van der Waals surface area contributed by atoms with Crippen molar-refractivity contribution in [3.05, 3.63) is 0 Å². The topological polar surface area (TPSA) is 237 Å². The minimum Gasteiger partial charge on any atom is -0.462 e. The van der Waals surface area contributed by atoms with Crippen molar-refractivity contribution in [3.8, 4) is 0 Å². The minimum absolute atomic E-state index is 0.105. The number of hydrogen-bond acceptors (Lipinski definition) is 15. The Morgan fingerprint density at radius 1 is 0.248 bits per heavy atom. The lowest BCUT2D eigenvalue weighted by atomic mass is 10.0. The number of aliphatic hydroxyl groups excluding tert-OH is 1. The molecule has 600 valence electrons. The highest BCUT2D eigenvalue weighted by atomic mass is 31.2. The second-order valence-corrected chi connectivity index (χ2v) is 34.3. The predicted molar refractivity (Wildman–Crippen MR) is 414 cm³/mol. The SMILES string of the molecule is CC(C)CCCCCCCCCCCCCCCCCCCCC(=O)O[C@H](COC(=O)CCCCCCCCCCCCCCCCC(C)C)COP(=O)(O)OCC(O)COP(=O)(O)OC[C@@H](COC(=O)CCCCCCCCCCC(C)C)OC(=O)CCCCCCCCCCCC(C)C. The zero-order valence-electron chi connectivity index (χ0n) is 66.5. The van der Waals surface area contributed by atoms with Crippen LogP contribution in [0.2, 0.25) is 0 Å². The fourth-order valence-corrected chi connectivity index (χ4v) is 14.2. The number of phosphoric ester groups is 2. The van der Waals surface area contributed by atoms with Crippen LogP contribution >= 0.6 is 15.6 Å². The maximum atomic E-state index is 13.1. The molecule has 3 N–H and O–H groups in total. The van der Waals surface area contributed by atoms with Gasteiger partial charge < -0.3 is 33.8 Å². The summed E-state index contributed by atoms with van der Waals surface area (Å²) in [5, 5.41) is 10.6. The van der Waals surface area contributed by atoms with E-state index in [0.29, 0.717) is 25.7 Å². The van der Waals surface area contributed by atoms with Gasteiger partial charge in [0, 0.05) is 25.7 Å². The van der Waals surface area contributed by atoms with Crippen LogP contribution in [0.15, 0.2) is 0 Å². The summed E-state index contributed by atoms with van der Waals surface area (Å²) in [5.74, 6) is 0.968. The number of aliphatic hydroxyl groups is 1. The Morgan fingerprint density at radius 2 is 0.416 bits per heavy atom. The molecule has 0 aliphatic carbocycles. The van der Waals surface area contributed by atoms with Crippen molar-refractivity contribution in [2.75, 3.05) is 39.6 Å². The van der Waals surface area contributed by atoms with E-state index in [1.54, 1.807) is 0 Å². The Kier molecular flexibility index (Phi) is 69.6. The standard InChI is InChI=1S/C82H160O17P2/c1-72(2)58-50-42-34-26-21-17-13-11-9-10-12-14-20-24-30-40-48-56-64-81(86)98-77(68-92-79(84)62-54-46-38-29-23-19-16-15-18-22-27-35-43-51-59-73(3)4)70-96-100(88,89)94-66-76(83)67-95-101(90,91)97-71-78(69-93-80(85)63-55-47-39-33-32-37-45-53-61-75(7)8)99-82(87)65-57-49-41-31-25-28-36-44-52-60-74(5)6/h72-78,83H,9-71H2,1-8H3,(H,88,89)(H,90,91)/t76?,77-,78-/m1/s1. The van der Waals surface area contributed by atoms with E-state index in [1.807, 2.05) is 0 Å². The molecule has 0 amide bonds. The van der Waals surface area contributed by atoms with Gasteiger partial charge in [0.05, 0.1) is 26.4 Å². The van der Waals surface area contributed by atoms with Crippen molar-refractivity contribution >= 4 is 39.5 Å². The highest BCUT2D eigenvalue weighted by Crippen LogP contribution is 2.45. The van der Waals surface area contributed by atoms with Gasteiger partial charge in [0.25, 0.3) is 0 Å². The lowest BCUT2D eigenvalue weighted by Gasteiger charge is -2.21. The van der Waals surface area contributed by atoms with Crippen molar-refractivity contribution in [1.82, 2.24) is 0 Å². The van der Waals surface area contributed by atoms with E-state index in [0.717, 1.165) is 114 Å². The van der Waals surface area contributed by atoms with Crippen LogP contribution in [0.4, 0.5) is 0 Å². The van der Waals surface area contributed by atoms with E-state index in [2.05, 4.69) is 55.4 Å². The highest BCUT2D eigenvalue weighted by Gasteiger charge is 2.30. The first-order valence-corrected chi connectivity index (χ1v) is 45.2. The summed E-state index contributed by atoms with van der Waals surface area (Å²) in [6, 6.07) is 0. The number of hydrogen-bond donors (Lipinski definition) is 3. The Hall–Kier alpha value is -1.94. The van der Waals surface area contributed by atoms with Crippen molar-refractivity contribution in [2.45, 2.75) is 440 Å². The monoisotopic (exact) mass is 1480 g/mol. The van der Waals surface area contributed by atoms with Gasteiger partial charge in [0.1, 0.15) is 19.3 Å². The number of phosphoric acid groups is 2. The summed E-state index contributed by atoms with van der Waals surface area (Å²) in [6.07, 6.45) is 58.4. The van der Waals surface area contributed by atoms with Crippen molar-refractivity contribution in [2.24, 2.45) is 23.7 Å². The van der Waals surface area contributed by atoms with E-state index < -0.39 is 97.5 Å². The lowest BCUT2D eigenvalue weighted by molar-refractivity contribution is -0.161. The molecule has 0 fully saturated rings. The van der Waals surface area contributed by atoms with Crippen molar-refractivity contribution < 1.29 is 80.2 Å². The molecule has 0 saturated heterocycles. The summed E-state index contributed by atoms with van der Waals surface area (Å²) in [7, 11) is -9.92. The van der Waals surface area contributed by atoms with Gasteiger partial charge in [0.2, 0.25) is 0 Å². The van der Waals surface area contributed by atoms with Gasteiger partial charge in [-0.1, -0.05) is 370 Å². The lowest BCUT2D eigenvalue weighted by Crippen LogP contribution is -2.30. The molecule has 0 aromatic heterocycles. The van der Waals surface area contributed by atoms with Gasteiger partial charge in [-0.3, -0.25) is 37.3 Å². The third-order valence-electron chi connectivity index (χ3n) is 19.1. The highest BCUT2D eigenvalue weighted by molar-refractivity contribution is 7.47. The number of esters is 4. The van der Waals surface area contributed by atoms with Gasteiger partial charge in [-0.2, -0.15) is 0 Å². The quantitative estimate of drug-likeness (QED) is 0.0222. The fourth-order valence-electron chi connectivity index (χ4n) is 12.6. The zero-order chi connectivity index (χ0) is 74.6. The molecule has 0 saturated carbocycles. The first kappa shape index (κ1) is 99.1. The maximum absolute atomic E-state index is 13.1. The number of carbonyl (C=O) groups excluding carboxylic acids is 4. The predicted octanol–water partition coefficient (Wildman–Crippen LogP) is 24.4. The summed E-state index contributed by atoms with van der Waals surface area (Å²) in [5.41, 5.74) is 0. The first-order valence-electron chi connectivity index (χ1n) is 42.2. The zero-order valence-corrected chi connectivity index (χ0v) is 68.3. The number of rotatable bonds is 79. The van der Waals surface area contributed by atoms with E-state index in [1.165, 1.54) is 225 Å².